The number of ether oxygens (including phenoxy) is 1. The van der Waals surface area contributed by atoms with Gasteiger partial charge in [-0.3, -0.25) is 4.98 Å². The molecule has 1 aromatic heterocycles. The summed E-state index contributed by atoms with van der Waals surface area (Å²) in [6.45, 7) is 6.62. The largest absolute Gasteiger partial charge is 0.487 e. The number of hydrogen-bond acceptors (Lipinski definition) is 5. The van der Waals surface area contributed by atoms with Crippen LogP contribution in [-0.2, 0) is 13.2 Å². The summed E-state index contributed by atoms with van der Waals surface area (Å²) in [5, 5.41) is 23.3. The molecule has 130 valence electrons. The summed E-state index contributed by atoms with van der Waals surface area (Å²) < 4.78 is 5.89. The maximum absolute atomic E-state index is 10.5. The van der Waals surface area contributed by atoms with Crippen LogP contribution < -0.4 is 10.1 Å². The van der Waals surface area contributed by atoms with Gasteiger partial charge in [0.1, 0.15) is 18.1 Å². The van der Waals surface area contributed by atoms with Crippen LogP contribution in [0.5, 0.6) is 5.75 Å². The topological polar surface area (TPSA) is 74.6 Å². The summed E-state index contributed by atoms with van der Waals surface area (Å²) in [5.41, 5.74) is 1.97. The molecular weight excluding hydrogens is 304 g/mol. The number of rotatable bonds is 7. The molecule has 1 aromatic carbocycles. The van der Waals surface area contributed by atoms with E-state index >= 15 is 0 Å². The lowest BCUT2D eigenvalue weighted by atomic mass is 10.1. The van der Waals surface area contributed by atoms with E-state index in [1.807, 2.05) is 51.1 Å². The fraction of sp³-hybridized carbons (Fsp3) is 0.421. The average Bonchev–Trinajstić information content (AvgIpc) is 2.57. The van der Waals surface area contributed by atoms with Gasteiger partial charge in [0, 0.05) is 23.8 Å². The highest BCUT2D eigenvalue weighted by atomic mass is 16.5. The minimum atomic E-state index is -0.747. The van der Waals surface area contributed by atoms with Crippen LogP contribution in [0.1, 0.15) is 43.7 Å². The molecule has 0 fully saturated rings. The lowest BCUT2D eigenvalue weighted by Gasteiger charge is -2.24. The summed E-state index contributed by atoms with van der Waals surface area (Å²) in [6, 6.07) is 11.5. The Balaban J connectivity index is 2.18. The number of aliphatic hydroxyl groups is 2. The molecule has 2 aromatic rings. The van der Waals surface area contributed by atoms with Crippen LogP contribution in [0.2, 0.25) is 0 Å². The standard InChI is InChI=1S/C19H26N2O3/c1-19(2,3)21-11-17(23)15-9-10-20-16(12-22)18(15)24-13-14-7-5-4-6-8-14/h4-10,17,21-23H,11-13H2,1-3H3. The van der Waals surface area contributed by atoms with Crippen LogP contribution in [0.3, 0.4) is 0 Å². The fourth-order valence-corrected chi connectivity index (χ4v) is 2.29. The van der Waals surface area contributed by atoms with E-state index in [9.17, 15) is 10.2 Å². The molecule has 0 spiro atoms. The molecule has 24 heavy (non-hydrogen) atoms. The van der Waals surface area contributed by atoms with Crippen molar-refractivity contribution in [2.24, 2.45) is 0 Å². The number of β-amino-alcohol motifs (C(OH)–C–C–N with tert-alkyl or cyclic N) is 1. The van der Waals surface area contributed by atoms with Gasteiger partial charge in [-0.05, 0) is 32.4 Å². The van der Waals surface area contributed by atoms with E-state index in [4.69, 9.17) is 4.74 Å². The zero-order valence-electron chi connectivity index (χ0n) is 14.5. The first-order chi connectivity index (χ1) is 11.4. The number of pyridine rings is 1. The number of hydrogen-bond donors (Lipinski definition) is 3. The number of aromatic nitrogens is 1. The SMILES string of the molecule is CC(C)(C)NCC(O)c1ccnc(CO)c1OCc1ccccc1. The van der Waals surface area contributed by atoms with Crippen molar-refractivity contribution in [2.45, 2.75) is 45.6 Å². The minimum Gasteiger partial charge on any atom is -0.487 e. The lowest BCUT2D eigenvalue weighted by molar-refractivity contribution is 0.155. The second-order valence-electron chi connectivity index (χ2n) is 6.76. The van der Waals surface area contributed by atoms with Gasteiger partial charge >= 0.3 is 0 Å². The average molecular weight is 330 g/mol. The molecule has 0 bridgehead atoms. The zero-order chi connectivity index (χ0) is 17.6. The van der Waals surface area contributed by atoms with Crippen molar-refractivity contribution in [1.29, 1.82) is 0 Å². The predicted molar refractivity (Wildman–Crippen MR) is 93.6 cm³/mol. The third-order valence-corrected chi connectivity index (χ3v) is 3.57. The van der Waals surface area contributed by atoms with Crippen LogP contribution in [-0.4, -0.2) is 27.3 Å². The maximum Gasteiger partial charge on any atom is 0.149 e. The normalized spacial score (nSPS) is 12.9. The summed E-state index contributed by atoms with van der Waals surface area (Å²) in [5.74, 6) is 0.451. The molecule has 1 heterocycles. The van der Waals surface area contributed by atoms with Crippen molar-refractivity contribution in [3.05, 3.63) is 59.4 Å². The predicted octanol–water partition coefficient (Wildman–Crippen LogP) is 2.57. The summed E-state index contributed by atoms with van der Waals surface area (Å²) >= 11 is 0. The van der Waals surface area contributed by atoms with E-state index in [0.29, 0.717) is 30.2 Å². The molecule has 0 saturated carbocycles. The van der Waals surface area contributed by atoms with Gasteiger partial charge in [-0.2, -0.15) is 0 Å². The first-order valence-corrected chi connectivity index (χ1v) is 8.09. The summed E-state index contributed by atoms with van der Waals surface area (Å²) in [7, 11) is 0. The third kappa shape index (κ3) is 5.30. The van der Waals surface area contributed by atoms with Gasteiger partial charge in [0.2, 0.25) is 0 Å². The van der Waals surface area contributed by atoms with Crippen LogP contribution >= 0.6 is 0 Å². The Morgan fingerprint density at radius 1 is 1.17 bits per heavy atom. The lowest BCUT2D eigenvalue weighted by Crippen LogP contribution is -2.38. The molecule has 0 aliphatic heterocycles. The van der Waals surface area contributed by atoms with Gasteiger partial charge in [-0.25, -0.2) is 0 Å². The Labute approximate surface area is 143 Å². The van der Waals surface area contributed by atoms with Crippen molar-refractivity contribution in [3.63, 3.8) is 0 Å². The second-order valence-corrected chi connectivity index (χ2v) is 6.76. The van der Waals surface area contributed by atoms with E-state index in [1.54, 1.807) is 12.3 Å². The van der Waals surface area contributed by atoms with Crippen molar-refractivity contribution in [3.8, 4) is 5.75 Å². The Kier molecular flexibility index (Phi) is 6.31. The van der Waals surface area contributed by atoms with Crippen LogP contribution in [0.15, 0.2) is 42.6 Å². The molecular formula is C19H26N2O3. The number of benzene rings is 1. The van der Waals surface area contributed by atoms with E-state index in [-0.39, 0.29) is 12.1 Å². The van der Waals surface area contributed by atoms with Gasteiger partial charge in [0.05, 0.1) is 12.7 Å². The fourth-order valence-electron chi connectivity index (χ4n) is 2.29. The molecule has 2 rings (SSSR count). The molecule has 1 unspecified atom stereocenters. The van der Waals surface area contributed by atoms with Gasteiger partial charge in [-0.15, -0.1) is 0 Å². The summed E-state index contributed by atoms with van der Waals surface area (Å²) in [4.78, 5) is 4.15. The van der Waals surface area contributed by atoms with E-state index < -0.39 is 6.10 Å². The van der Waals surface area contributed by atoms with Crippen molar-refractivity contribution in [2.75, 3.05) is 6.54 Å². The van der Waals surface area contributed by atoms with E-state index in [2.05, 4.69) is 10.3 Å². The van der Waals surface area contributed by atoms with Crippen LogP contribution in [0.25, 0.3) is 0 Å². The Bertz CT molecular complexity index is 639. The number of aliphatic hydroxyl groups excluding tert-OH is 2. The first kappa shape index (κ1) is 18.4. The Morgan fingerprint density at radius 3 is 2.50 bits per heavy atom. The Hall–Kier alpha value is -1.95. The maximum atomic E-state index is 10.5. The molecule has 0 radical (unpaired) electrons. The minimum absolute atomic E-state index is 0.0983. The monoisotopic (exact) mass is 330 g/mol. The molecule has 1 atom stereocenters. The summed E-state index contributed by atoms with van der Waals surface area (Å²) in [6.07, 6.45) is 0.833. The first-order valence-electron chi connectivity index (χ1n) is 8.09. The van der Waals surface area contributed by atoms with Gasteiger partial charge < -0.3 is 20.3 Å². The van der Waals surface area contributed by atoms with Gasteiger partial charge in [0.25, 0.3) is 0 Å². The highest BCUT2D eigenvalue weighted by Crippen LogP contribution is 2.29. The highest BCUT2D eigenvalue weighted by molar-refractivity contribution is 5.38. The quantitative estimate of drug-likeness (QED) is 0.727. The molecule has 0 amide bonds. The van der Waals surface area contributed by atoms with Crippen molar-refractivity contribution >= 4 is 0 Å². The molecule has 5 nitrogen and oxygen atoms in total. The van der Waals surface area contributed by atoms with Crippen LogP contribution in [0, 0.1) is 0 Å². The van der Waals surface area contributed by atoms with Crippen molar-refractivity contribution in [1.82, 2.24) is 10.3 Å². The number of nitrogens with one attached hydrogen (secondary N) is 1. The molecule has 0 saturated heterocycles. The van der Waals surface area contributed by atoms with Crippen molar-refractivity contribution < 1.29 is 14.9 Å². The third-order valence-electron chi connectivity index (χ3n) is 3.57. The van der Waals surface area contributed by atoms with Gasteiger partial charge in [-0.1, -0.05) is 30.3 Å². The van der Waals surface area contributed by atoms with E-state index in [0.717, 1.165) is 5.56 Å². The molecule has 5 heteroatoms. The second kappa shape index (κ2) is 8.24. The van der Waals surface area contributed by atoms with Crippen LogP contribution in [0.4, 0.5) is 0 Å². The van der Waals surface area contributed by atoms with E-state index in [1.165, 1.54) is 0 Å². The smallest absolute Gasteiger partial charge is 0.149 e. The highest BCUT2D eigenvalue weighted by Gasteiger charge is 2.20. The molecule has 3 N–H and O–H groups in total. The molecule has 0 aliphatic carbocycles. The number of nitrogens with zero attached hydrogens (tertiary/aromatic N) is 1. The Morgan fingerprint density at radius 2 is 1.88 bits per heavy atom. The molecule has 0 aliphatic rings. The zero-order valence-corrected chi connectivity index (χ0v) is 14.5. The van der Waals surface area contributed by atoms with Gasteiger partial charge in [0.15, 0.2) is 0 Å².